The van der Waals surface area contributed by atoms with E-state index in [0.29, 0.717) is 29.1 Å². The molecule has 0 saturated carbocycles. The zero-order chi connectivity index (χ0) is 22.5. The van der Waals surface area contributed by atoms with Crippen LogP contribution >= 0.6 is 0 Å². The highest BCUT2D eigenvalue weighted by Gasteiger charge is 2.18. The summed E-state index contributed by atoms with van der Waals surface area (Å²) in [4.78, 5) is 22.3. The summed E-state index contributed by atoms with van der Waals surface area (Å²) in [5, 5.41) is 14.5. The molecule has 0 unspecified atom stereocenters. The topological polar surface area (TPSA) is 80.7 Å². The summed E-state index contributed by atoms with van der Waals surface area (Å²) >= 11 is 0. The molecule has 0 saturated heterocycles. The highest BCUT2D eigenvalue weighted by molar-refractivity contribution is 6.21. The number of aliphatic imine (C=N–C) groups is 1. The van der Waals surface area contributed by atoms with Crippen LogP contribution in [0.25, 0.3) is 10.9 Å². The van der Waals surface area contributed by atoms with Gasteiger partial charge in [-0.3, -0.25) is 4.79 Å². The first-order valence-electron chi connectivity index (χ1n) is 10.5. The number of fused-ring (bicyclic) bond motifs is 1. The molecule has 1 amide bonds. The molecule has 0 aliphatic carbocycles. The van der Waals surface area contributed by atoms with E-state index in [1.807, 2.05) is 85.7 Å². The van der Waals surface area contributed by atoms with Crippen LogP contribution in [0.2, 0.25) is 0 Å². The highest BCUT2D eigenvalue weighted by Crippen LogP contribution is 2.31. The number of benzene rings is 3. The van der Waals surface area contributed by atoms with Gasteiger partial charge in [0.25, 0.3) is 5.91 Å². The van der Waals surface area contributed by atoms with E-state index in [2.05, 4.69) is 10.3 Å². The van der Waals surface area contributed by atoms with Gasteiger partial charge in [-0.25, -0.2) is 4.99 Å². The van der Waals surface area contributed by atoms with Crippen LogP contribution in [0.3, 0.4) is 0 Å². The van der Waals surface area contributed by atoms with Gasteiger partial charge in [-0.1, -0.05) is 48.5 Å². The van der Waals surface area contributed by atoms with Gasteiger partial charge in [-0.15, -0.1) is 0 Å². The Labute approximate surface area is 187 Å². The lowest BCUT2D eigenvalue weighted by molar-refractivity contribution is 0.0951. The van der Waals surface area contributed by atoms with E-state index >= 15 is 0 Å². The van der Waals surface area contributed by atoms with Crippen molar-refractivity contribution in [1.29, 1.82) is 0 Å². The van der Waals surface area contributed by atoms with Gasteiger partial charge in [0, 0.05) is 35.1 Å². The van der Waals surface area contributed by atoms with Crippen LogP contribution in [-0.4, -0.2) is 53.8 Å². The van der Waals surface area contributed by atoms with Crippen molar-refractivity contribution in [2.45, 2.75) is 0 Å². The summed E-state index contributed by atoms with van der Waals surface area (Å²) in [6.07, 6.45) is 0. The number of amides is 1. The van der Waals surface area contributed by atoms with Gasteiger partial charge in [0.2, 0.25) is 0 Å². The van der Waals surface area contributed by atoms with Gasteiger partial charge in [0.05, 0.1) is 17.0 Å². The predicted octanol–water partition coefficient (Wildman–Crippen LogP) is 4.33. The molecule has 1 heterocycles. The minimum absolute atomic E-state index is 0.0747. The molecule has 6 heteroatoms. The SMILES string of the molecule is CN(C)CCNC(=O)c1ccc(N=C(c2ccccc2)c2c(O)[nH]c3ccccc23)cc1. The zero-order valence-electron chi connectivity index (χ0n) is 18.2. The van der Waals surface area contributed by atoms with Gasteiger partial charge < -0.3 is 20.3 Å². The molecule has 32 heavy (non-hydrogen) atoms. The van der Waals surface area contributed by atoms with Crippen molar-refractivity contribution in [2.24, 2.45) is 4.99 Å². The van der Waals surface area contributed by atoms with Crippen molar-refractivity contribution in [3.63, 3.8) is 0 Å². The number of carbonyl (C=O) groups is 1. The van der Waals surface area contributed by atoms with E-state index in [4.69, 9.17) is 4.99 Å². The third kappa shape index (κ3) is 4.71. The smallest absolute Gasteiger partial charge is 0.251 e. The summed E-state index contributed by atoms with van der Waals surface area (Å²) in [5.74, 6) is -0.0365. The van der Waals surface area contributed by atoms with E-state index < -0.39 is 0 Å². The second kappa shape index (κ2) is 9.49. The van der Waals surface area contributed by atoms with Crippen molar-refractivity contribution in [2.75, 3.05) is 27.2 Å². The molecule has 0 spiro atoms. The molecule has 1 aromatic heterocycles. The third-order valence-electron chi connectivity index (χ3n) is 5.19. The second-order valence-electron chi connectivity index (χ2n) is 7.83. The molecule has 0 atom stereocenters. The lowest BCUT2D eigenvalue weighted by atomic mass is 10.0. The Morgan fingerprint density at radius 3 is 2.34 bits per heavy atom. The maximum Gasteiger partial charge on any atom is 0.251 e. The number of nitrogens with zero attached hydrogens (tertiary/aromatic N) is 2. The summed E-state index contributed by atoms with van der Waals surface area (Å²) in [6, 6.07) is 24.7. The van der Waals surface area contributed by atoms with Crippen LogP contribution in [-0.2, 0) is 0 Å². The number of hydrogen-bond acceptors (Lipinski definition) is 4. The first-order valence-corrected chi connectivity index (χ1v) is 10.5. The first-order chi connectivity index (χ1) is 15.5. The molecule has 0 aliphatic rings. The maximum absolute atomic E-state index is 12.4. The number of carbonyl (C=O) groups excluding carboxylic acids is 1. The standard InChI is InChI=1S/C26H26N4O2/c1-30(2)17-16-27-25(31)19-12-14-20(15-13-19)28-24(18-8-4-3-5-9-18)23-21-10-6-7-11-22(21)29-26(23)32/h3-15,29,32H,16-17H2,1-2H3,(H,27,31). The lowest BCUT2D eigenvalue weighted by Gasteiger charge is -2.10. The Morgan fingerprint density at radius 2 is 1.62 bits per heavy atom. The fourth-order valence-electron chi connectivity index (χ4n) is 3.54. The molecular formula is C26H26N4O2. The largest absolute Gasteiger partial charge is 0.494 e. The van der Waals surface area contributed by atoms with Crippen LogP contribution in [0, 0.1) is 0 Å². The van der Waals surface area contributed by atoms with E-state index in [1.54, 1.807) is 12.1 Å². The van der Waals surface area contributed by atoms with Gasteiger partial charge >= 0.3 is 0 Å². The molecule has 0 bridgehead atoms. The Bertz CT molecular complexity index is 1240. The maximum atomic E-state index is 12.4. The Kier molecular flexibility index (Phi) is 6.33. The molecule has 0 aliphatic heterocycles. The average Bonchev–Trinajstić information content (AvgIpc) is 3.13. The van der Waals surface area contributed by atoms with Crippen molar-refractivity contribution >= 4 is 28.2 Å². The van der Waals surface area contributed by atoms with Gasteiger partial charge in [0.15, 0.2) is 5.88 Å². The average molecular weight is 427 g/mol. The number of aromatic nitrogens is 1. The Morgan fingerprint density at radius 1 is 0.938 bits per heavy atom. The van der Waals surface area contributed by atoms with Crippen molar-refractivity contribution < 1.29 is 9.90 Å². The van der Waals surface area contributed by atoms with Gasteiger partial charge in [0.1, 0.15) is 0 Å². The van der Waals surface area contributed by atoms with Crippen molar-refractivity contribution in [3.05, 3.63) is 95.6 Å². The van der Waals surface area contributed by atoms with Gasteiger partial charge in [-0.2, -0.15) is 0 Å². The summed E-state index contributed by atoms with van der Waals surface area (Å²) in [7, 11) is 3.93. The molecule has 0 radical (unpaired) electrons. The first kappa shape index (κ1) is 21.3. The zero-order valence-corrected chi connectivity index (χ0v) is 18.2. The number of rotatable bonds is 7. The number of aromatic hydroxyl groups is 1. The molecule has 162 valence electrons. The van der Waals surface area contributed by atoms with Crippen LogP contribution in [0.1, 0.15) is 21.5 Å². The quantitative estimate of drug-likeness (QED) is 0.385. The summed E-state index contributed by atoms with van der Waals surface area (Å²) < 4.78 is 0. The van der Waals surface area contributed by atoms with Gasteiger partial charge in [-0.05, 0) is 44.4 Å². The Hall–Kier alpha value is -3.90. The summed E-state index contributed by atoms with van der Waals surface area (Å²) in [5.41, 5.74) is 4.31. The molecular weight excluding hydrogens is 400 g/mol. The van der Waals surface area contributed by atoms with Crippen LogP contribution in [0.15, 0.2) is 83.9 Å². The van der Waals surface area contributed by atoms with Crippen LogP contribution in [0.5, 0.6) is 5.88 Å². The number of H-pyrrole nitrogens is 1. The van der Waals surface area contributed by atoms with E-state index in [-0.39, 0.29) is 11.8 Å². The second-order valence-corrected chi connectivity index (χ2v) is 7.83. The lowest BCUT2D eigenvalue weighted by Crippen LogP contribution is -2.31. The number of nitrogens with one attached hydrogen (secondary N) is 2. The predicted molar refractivity (Wildman–Crippen MR) is 129 cm³/mol. The molecule has 6 nitrogen and oxygen atoms in total. The van der Waals surface area contributed by atoms with Crippen LogP contribution in [0.4, 0.5) is 5.69 Å². The fourth-order valence-corrected chi connectivity index (χ4v) is 3.54. The molecule has 4 rings (SSSR count). The molecule has 3 aromatic carbocycles. The van der Waals surface area contributed by atoms with E-state index in [0.717, 1.165) is 23.0 Å². The number of para-hydroxylation sites is 1. The van der Waals surface area contributed by atoms with Crippen molar-refractivity contribution in [3.8, 4) is 5.88 Å². The normalized spacial score (nSPS) is 11.8. The number of likely N-dealkylation sites (N-methyl/N-ethyl adjacent to an activating group) is 1. The van der Waals surface area contributed by atoms with E-state index in [9.17, 15) is 9.90 Å². The molecule has 4 aromatic rings. The fraction of sp³-hybridized carbons (Fsp3) is 0.154. The monoisotopic (exact) mass is 426 g/mol. The number of hydrogen-bond donors (Lipinski definition) is 3. The minimum Gasteiger partial charge on any atom is -0.494 e. The van der Waals surface area contributed by atoms with Crippen LogP contribution < -0.4 is 5.32 Å². The van der Waals surface area contributed by atoms with E-state index in [1.165, 1.54) is 0 Å². The molecule has 0 fully saturated rings. The van der Waals surface area contributed by atoms with Crippen molar-refractivity contribution in [1.82, 2.24) is 15.2 Å². The highest BCUT2D eigenvalue weighted by atomic mass is 16.3. The number of aromatic amines is 1. The summed E-state index contributed by atoms with van der Waals surface area (Å²) in [6.45, 7) is 1.37. The Balaban J connectivity index is 1.69. The molecule has 3 N–H and O–H groups in total. The third-order valence-corrected chi connectivity index (χ3v) is 5.19. The minimum atomic E-state index is -0.111.